The molecular weight excluding hydrogens is 286 g/mol. The number of carbonyl (C=O) groups is 1. The topological polar surface area (TPSA) is 109 Å². The van der Waals surface area contributed by atoms with Crippen LogP contribution in [0.4, 0.5) is 5.69 Å². The molecule has 2 unspecified atom stereocenters. The summed E-state index contributed by atoms with van der Waals surface area (Å²) in [4.78, 5) is 25.1. The van der Waals surface area contributed by atoms with Gasteiger partial charge in [0.15, 0.2) is 5.92 Å². The van der Waals surface area contributed by atoms with Crippen molar-refractivity contribution in [2.75, 3.05) is 7.11 Å². The van der Waals surface area contributed by atoms with Gasteiger partial charge in [-0.3, -0.25) is 14.9 Å². The van der Waals surface area contributed by atoms with Gasteiger partial charge in [0.25, 0.3) is 5.69 Å². The standard InChI is InChI=1S/C15H13N3O4/c1-22-15(19)12(9-16)14(13-3-2-8-17-13)10-4-6-11(7-5-10)18(20)21/h2-8,12,14,17H,1H3. The first-order valence-electron chi connectivity index (χ1n) is 6.43. The van der Waals surface area contributed by atoms with Crippen LogP contribution in [0.5, 0.6) is 0 Å². The molecule has 0 aliphatic heterocycles. The van der Waals surface area contributed by atoms with Gasteiger partial charge in [0.05, 0.1) is 24.0 Å². The van der Waals surface area contributed by atoms with E-state index in [1.165, 1.54) is 31.4 Å². The minimum atomic E-state index is -1.05. The number of hydrogen-bond donors (Lipinski definition) is 1. The molecule has 2 aromatic rings. The molecule has 1 N–H and O–H groups in total. The summed E-state index contributed by atoms with van der Waals surface area (Å²) in [6.07, 6.45) is 1.68. The number of nitrogens with one attached hydrogen (secondary N) is 1. The Morgan fingerprint density at radius 2 is 2.05 bits per heavy atom. The summed E-state index contributed by atoms with van der Waals surface area (Å²) in [6, 6.07) is 11.2. The lowest BCUT2D eigenvalue weighted by Crippen LogP contribution is -2.23. The second kappa shape index (κ2) is 6.54. The van der Waals surface area contributed by atoms with Crippen LogP contribution in [0.2, 0.25) is 0 Å². The van der Waals surface area contributed by atoms with Crippen molar-refractivity contribution in [2.45, 2.75) is 5.92 Å². The van der Waals surface area contributed by atoms with Crippen LogP contribution in [-0.2, 0) is 9.53 Å². The van der Waals surface area contributed by atoms with Crippen LogP contribution >= 0.6 is 0 Å². The van der Waals surface area contributed by atoms with Gasteiger partial charge in [0, 0.05) is 24.0 Å². The van der Waals surface area contributed by atoms with E-state index in [1.807, 2.05) is 6.07 Å². The van der Waals surface area contributed by atoms with Gasteiger partial charge in [-0.25, -0.2) is 0 Å². The Morgan fingerprint density at radius 3 is 2.50 bits per heavy atom. The number of nitro groups is 1. The quantitative estimate of drug-likeness (QED) is 0.518. The molecule has 1 aromatic heterocycles. The van der Waals surface area contributed by atoms with Gasteiger partial charge in [-0.2, -0.15) is 5.26 Å². The van der Waals surface area contributed by atoms with Gasteiger partial charge in [0.1, 0.15) is 0 Å². The van der Waals surface area contributed by atoms with Crippen LogP contribution in [0.1, 0.15) is 17.2 Å². The molecule has 1 heterocycles. The highest BCUT2D eigenvalue weighted by molar-refractivity contribution is 5.77. The summed E-state index contributed by atoms with van der Waals surface area (Å²) in [6.45, 7) is 0. The molecule has 0 aliphatic rings. The van der Waals surface area contributed by atoms with E-state index in [1.54, 1.807) is 18.3 Å². The Labute approximate surface area is 126 Å². The summed E-state index contributed by atoms with van der Waals surface area (Å²) >= 11 is 0. The van der Waals surface area contributed by atoms with Crippen LogP contribution in [0.25, 0.3) is 0 Å². The number of non-ortho nitro benzene ring substituents is 1. The van der Waals surface area contributed by atoms with Gasteiger partial charge in [0.2, 0.25) is 0 Å². The molecule has 1 aromatic carbocycles. The Bertz CT molecular complexity index is 701. The second-order valence-electron chi connectivity index (χ2n) is 4.58. The number of nitrogens with zero attached hydrogens (tertiary/aromatic N) is 2. The van der Waals surface area contributed by atoms with E-state index in [4.69, 9.17) is 0 Å². The predicted octanol–water partition coefficient (Wildman–Crippen LogP) is 2.37. The van der Waals surface area contributed by atoms with Crippen LogP contribution in [0, 0.1) is 27.4 Å². The molecule has 7 heteroatoms. The molecule has 0 radical (unpaired) electrons. The Hall–Kier alpha value is -3.14. The number of hydrogen-bond acceptors (Lipinski definition) is 5. The zero-order valence-corrected chi connectivity index (χ0v) is 11.7. The minimum absolute atomic E-state index is 0.0550. The molecular formula is C15H13N3O4. The zero-order chi connectivity index (χ0) is 16.1. The maximum atomic E-state index is 11.9. The molecule has 0 aliphatic carbocycles. The molecule has 2 rings (SSSR count). The van der Waals surface area contributed by atoms with Crippen molar-refractivity contribution in [3.63, 3.8) is 0 Å². The van der Waals surface area contributed by atoms with Gasteiger partial charge in [-0.15, -0.1) is 0 Å². The molecule has 22 heavy (non-hydrogen) atoms. The molecule has 0 fully saturated rings. The number of aromatic nitrogens is 1. The number of esters is 1. The van der Waals surface area contributed by atoms with Crippen LogP contribution in [0.15, 0.2) is 42.6 Å². The molecule has 0 amide bonds. The van der Waals surface area contributed by atoms with Gasteiger partial charge in [-0.1, -0.05) is 12.1 Å². The monoisotopic (exact) mass is 299 g/mol. The Balaban J connectivity index is 2.47. The molecule has 2 atom stereocenters. The number of benzene rings is 1. The van der Waals surface area contributed by atoms with Gasteiger partial charge in [-0.05, 0) is 17.7 Å². The van der Waals surface area contributed by atoms with Gasteiger partial charge >= 0.3 is 5.97 Å². The van der Waals surface area contributed by atoms with Crippen molar-refractivity contribution in [1.82, 2.24) is 4.98 Å². The number of rotatable bonds is 5. The van der Waals surface area contributed by atoms with Crippen molar-refractivity contribution in [3.8, 4) is 6.07 Å². The molecule has 0 spiro atoms. The second-order valence-corrected chi connectivity index (χ2v) is 4.58. The van der Waals surface area contributed by atoms with E-state index in [2.05, 4.69) is 9.72 Å². The molecule has 0 saturated carbocycles. The van der Waals surface area contributed by atoms with E-state index in [0.29, 0.717) is 11.3 Å². The highest BCUT2D eigenvalue weighted by Gasteiger charge is 2.32. The van der Waals surface area contributed by atoms with E-state index < -0.39 is 22.7 Å². The van der Waals surface area contributed by atoms with E-state index in [-0.39, 0.29) is 5.69 Å². The van der Waals surface area contributed by atoms with E-state index >= 15 is 0 Å². The zero-order valence-electron chi connectivity index (χ0n) is 11.7. The number of methoxy groups -OCH3 is 1. The molecule has 0 bridgehead atoms. The molecule has 112 valence electrons. The number of H-pyrrole nitrogens is 1. The normalized spacial score (nSPS) is 12.9. The molecule has 0 saturated heterocycles. The van der Waals surface area contributed by atoms with E-state index in [9.17, 15) is 20.2 Å². The number of nitro benzene ring substituents is 1. The van der Waals surface area contributed by atoms with Crippen molar-refractivity contribution in [1.29, 1.82) is 5.26 Å². The highest BCUT2D eigenvalue weighted by Crippen LogP contribution is 2.32. The number of carbonyl (C=O) groups excluding carboxylic acids is 1. The van der Waals surface area contributed by atoms with Crippen molar-refractivity contribution < 1.29 is 14.5 Å². The number of nitriles is 1. The average molecular weight is 299 g/mol. The third-order valence-electron chi connectivity index (χ3n) is 3.35. The van der Waals surface area contributed by atoms with Crippen LogP contribution < -0.4 is 0 Å². The maximum absolute atomic E-state index is 11.9. The third kappa shape index (κ3) is 2.96. The van der Waals surface area contributed by atoms with Crippen LogP contribution in [-0.4, -0.2) is 23.0 Å². The lowest BCUT2D eigenvalue weighted by Gasteiger charge is -2.19. The molecule has 7 nitrogen and oxygen atoms in total. The lowest BCUT2D eigenvalue weighted by atomic mass is 9.84. The third-order valence-corrected chi connectivity index (χ3v) is 3.35. The van der Waals surface area contributed by atoms with E-state index in [0.717, 1.165) is 0 Å². The minimum Gasteiger partial charge on any atom is -0.468 e. The fourth-order valence-electron chi connectivity index (χ4n) is 2.28. The summed E-state index contributed by atoms with van der Waals surface area (Å²) in [5.41, 5.74) is 1.22. The summed E-state index contributed by atoms with van der Waals surface area (Å²) in [5, 5.41) is 20.1. The first-order valence-corrected chi connectivity index (χ1v) is 6.43. The van der Waals surface area contributed by atoms with Crippen molar-refractivity contribution in [2.24, 2.45) is 5.92 Å². The Morgan fingerprint density at radius 1 is 1.36 bits per heavy atom. The average Bonchev–Trinajstić information content (AvgIpc) is 3.05. The van der Waals surface area contributed by atoms with Crippen molar-refractivity contribution in [3.05, 3.63) is 64.0 Å². The van der Waals surface area contributed by atoms with Crippen LogP contribution in [0.3, 0.4) is 0 Å². The van der Waals surface area contributed by atoms with Gasteiger partial charge < -0.3 is 9.72 Å². The first-order chi connectivity index (χ1) is 10.6. The number of aromatic amines is 1. The Kier molecular flexibility index (Phi) is 4.53. The number of ether oxygens (including phenoxy) is 1. The summed E-state index contributed by atoms with van der Waals surface area (Å²) in [7, 11) is 1.22. The fraction of sp³-hybridized carbons (Fsp3) is 0.200. The summed E-state index contributed by atoms with van der Waals surface area (Å²) < 4.78 is 4.68. The highest BCUT2D eigenvalue weighted by atomic mass is 16.6. The summed E-state index contributed by atoms with van der Waals surface area (Å²) in [5.74, 6) is -2.29. The van der Waals surface area contributed by atoms with Crippen molar-refractivity contribution >= 4 is 11.7 Å². The first kappa shape index (κ1) is 15.3. The maximum Gasteiger partial charge on any atom is 0.324 e. The lowest BCUT2D eigenvalue weighted by molar-refractivity contribution is -0.384. The largest absolute Gasteiger partial charge is 0.468 e. The SMILES string of the molecule is COC(=O)C(C#N)C(c1ccc([N+](=O)[O-])cc1)c1ccc[nH]1. The predicted molar refractivity (Wildman–Crippen MR) is 76.9 cm³/mol. The smallest absolute Gasteiger partial charge is 0.324 e. The fourth-order valence-corrected chi connectivity index (χ4v) is 2.28.